The molecule has 0 bridgehead atoms. The summed E-state index contributed by atoms with van der Waals surface area (Å²) in [5, 5.41) is 24.7. The third-order valence-corrected chi connectivity index (χ3v) is 3.39. The topological polar surface area (TPSA) is 166 Å². The van der Waals surface area contributed by atoms with E-state index in [2.05, 4.69) is 10.6 Å². The number of urea groups is 1. The van der Waals surface area contributed by atoms with E-state index >= 15 is 0 Å². The molecule has 1 aliphatic heterocycles. The van der Waals surface area contributed by atoms with Gasteiger partial charge < -0.3 is 32.7 Å². The zero-order valence-electron chi connectivity index (χ0n) is 13.3. The van der Waals surface area contributed by atoms with Crippen molar-refractivity contribution < 1.29 is 61.7 Å². The molecule has 14 heteroatoms. The molecule has 4 N–H and O–H groups in total. The third kappa shape index (κ3) is 5.10. The van der Waals surface area contributed by atoms with Crippen LogP contribution in [0.1, 0.15) is 6.23 Å². The van der Waals surface area contributed by atoms with Crippen molar-refractivity contribution >= 4 is 6.03 Å². The molecule has 12 nitrogen and oxygen atoms in total. The Morgan fingerprint density at radius 3 is 2.68 bits per heavy atom. The van der Waals surface area contributed by atoms with E-state index in [4.69, 9.17) is 4.74 Å². The van der Waals surface area contributed by atoms with Crippen LogP contribution in [-0.2, 0) is 4.74 Å². The molecule has 0 radical (unpaired) electrons. The number of rotatable bonds is 4. The molecular formula is C11H15ClN5NaO7. The van der Waals surface area contributed by atoms with E-state index in [-0.39, 0.29) is 42.0 Å². The molecule has 1 saturated heterocycles. The van der Waals surface area contributed by atoms with Gasteiger partial charge in [-0.2, -0.15) is 5.01 Å². The fourth-order valence-electron chi connectivity index (χ4n) is 2.21. The van der Waals surface area contributed by atoms with Crippen molar-refractivity contribution in [2.75, 3.05) is 13.7 Å². The number of carbonyl (C=O) groups excluding carboxylic acids is 1. The minimum atomic E-state index is -1.42. The number of aromatic amines is 1. The average molecular weight is 388 g/mol. The number of nitrogens with one attached hydrogen (secondary N) is 2. The van der Waals surface area contributed by atoms with Crippen molar-refractivity contribution in [3.8, 4) is 0 Å². The predicted molar refractivity (Wildman–Crippen MR) is 74.2 cm³/mol. The van der Waals surface area contributed by atoms with E-state index in [0.717, 1.165) is 23.9 Å². The van der Waals surface area contributed by atoms with Gasteiger partial charge in [0.2, 0.25) is 0 Å². The molecule has 0 spiro atoms. The van der Waals surface area contributed by atoms with E-state index in [1.807, 2.05) is 4.98 Å². The molecule has 0 aromatic carbocycles. The summed E-state index contributed by atoms with van der Waals surface area (Å²) in [5.74, 6) is 0. The first-order chi connectivity index (χ1) is 10.9. The van der Waals surface area contributed by atoms with Crippen LogP contribution in [0.5, 0.6) is 0 Å². The van der Waals surface area contributed by atoms with Gasteiger partial charge in [-0.05, 0) is 0 Å². The number of H-pyrrole nitrogens is 1. The smallest absolute Gasteiger partial charge is 1.00 e. The molecule has 2 heterocycles. The minimum Gasteiger partial charge on any atom is -1.00 e. The molecule has 0 aliphatic carbocycles. The van der Waals surface area contributed by atoms with E-state index < -0.39 is 48.4 Å². The number of hydrogen-bond donors (Lipinski definition) is 4. The van der Waals surface area contributed by atoms with Crippen molar-refractivity contribution in [1.29, 1.82) is 0 Å². The van der Waals surface area contributed by atoms with Gasteiger partial charge in [0.25, 0.3) is 5.56 Å². The van der Waals surface area contributed by atoms with Gasteiger partial charge in [-0.3, -0.25) is 14.3 Å². The van der Waals surface area contributed by atoms with Crippen LogP contribution in [0.15, 0.2) is 27.1 Å². The van der Waals surface area contributed by atoms with E-state index in [1.165, 1.54) is 0 Å². The number of carbonyl (C=O) groups is 1. The molecule has 0 saturated carbocycles. The molecule has 25 heavy (non-hydrogen) atoms. The molecule has 1 aromatic rings. The zero-order chi connectivity index (χ0) is 17.1. The van der Waals surface area contributed by atoms with Gasteiger partial charge in [0.15, 0.2) is 6.23 Å². The number of hydrogen-bond acceptors (Lipinski definition) is 8. The summed E-state index contributed by atoms with van der Waals surface area (Å²) in [6.45, 7) is -0.561. The van der Waals surface area contributed by atoms with Crippen LogP contribution in [0.3, 0.4) is 0 Å². The number of ether oxygens (including phenoxy) is 1. The van der Waals surface area contributed by atoms with E-state index in [9.17, 15) is 29.5 Å². The maximum absolute atomic E-state index is 11.8. The first-order valence-corrected chi connectivity index (χ1v) is 6.52. The van der Waals surface area contributed by atoms with Crippen molar-refractivity contribution in [1.82, 2.24) is 19.9 Å². The number of aliphatic hydroxyl groups is 2. The van der Waals surface area contributed by atoms with Gasteiger partial charge in [-0.25, -0.2) is 9.59 Å². The predicted octanol–water partition coefficient (Wildman–Crippen LogP) is -8.51. The SMILES string of the molecule is CN(N=O)C(=O)NC1C(CO)OC(n2ccc(=O)[nH]c2=O)C1O.[Cl-].[Na+]. The summed E-state index contributed by atoms with van der Waals surface area (Å²) in [6, 6.07) is -0.956. The number of amides is 2. The van der Waals surface area contributed by atoms with E-state index in [1.54, 1.807) is 0 Å². The minimum absolute atomic E-state index is 0. The zero-order valence-corrected chi connectivity index (χ0v) is 16.1. The van der Waals surface area contributed by atoms with Crippen molar-refractivity contribution in [2.24, 2.45) is 5.29 Å². The Kier molecular flexibility index (Phi) is 9.50. The summed E-state index contributed by atoms with van der Waals surface area (Å²) in [6.07, 6.45) is -2.57. The second-order valence-electron chi connectivity index (χ2n) is 4.84. The fraction of sp³-hybridized carbons (Fsp3) is 0.545. The van der Waals surface area contributed by atoms with E-state index in [0.29, 0.717) is 5.01 Å². The van der Waals surface area contributed by atoms with Gasteiger partial charge in [0.05, 0.1) is 17.9 Å². The molecule has 1 aliphatic rings. The number of aromatic nitrogens is 2. The van der Waals surface area contributed by atoms with Crippen LogP contribution in [0.25, 0.3) is 0 Å². The standard InChI is InChI=1S/C11H15N5O7.ClH.Na/c1-15(14-22)10(20)13-7-5(4-17)23-9(8(7)19)16-3-2-6(18)12-11(16)21;;/h2-3,5,7-9,17,19H,4H2,1H3,(H,13,20)(H,12,18,21);1H;/q;;+1/p-1. The fourth-order valence-corrected chi connectivity index (χ4v) is 2.21. The maximum atomic E-state index is 11.8. The van der Waals surface area contributed by atoms with Gasteiger partial charge in [-0.15, -0.1) is 4.91 Å². The van der Waals surface area contributed by atoms with Crippen molar-refractivity contribution in [2.45, 2.75) is 24.5 Å². The van der Waals surface area contributed by atoms with Gasteiger partial charge in [0, 0.05) is 19.3 Å². The molecule has 134 valence electrons. The first-order valence-electron chi connectivity index (χ1n) is 6.52. The Morgan fingerprint density at radius 1 is 1.52 bits per heavy atom. The Labute approximate surface area is 168 Å². The van der Waals surface area contributed by atoms with Crippen molar-refractivity contribution in [3.05, 3.63) is 38.0 Å². The number of nitroso groups, excluding NO2 is 1. The Balaban J connectivity index is 0.00000288. The molecular weight excluding hydrogens is 373 g/mol. The average Bonchev–Trinajstić information content (AvgIpc) is 2.83. The maximum Gasteiger partial charge on any atom is 1.00 e. The number of halogens is 1. The van der Waals surface area contributed by atoms with Crippen LogP contribution in [0.4, 0.5) is 4.79 Å². The van der Waals surface area contributed by atoms with Gasteiger partial charge >= 0.3 is 41.3 Å². The molecule has 4 atom stereocenters. The van der Waals surface area contributed by atoms with Crippen LogP contribution in [-0.4, -0.2) is 62.7 Å². The summed E-state index contributed by atoms with van der Waals surface area (Å²) in [5.41, 5.74) is -1.45. The molecule has 1 fully saturated rings. The van der Waals surface area contributed by atoms with Crippen molar-refractivity contribution in [3.63, 3.8) is 0 Å². The Morgan fingerprint density at radius 2 is 2.16 bits per heavy atom. The summed E-state index contributed by atoms with van der Waals surface area (Å²) >= 11 is 0. The largest absolute Gasteiger partial charge is 1.00 e. The van der Waals surface area contributed by atoms with Crippen LogP contribution in [0.2, 0.25) is 0 Å². The quantitative estimate of drug-likeness (QED) is 0.226. The van der Waals surface area contributed by atoms with Crippen LogP contribution >= 0.6 is 0 Å². The normalized spacial score (nSPS) is 24.6. The molecule has 2 amide bonds. The summed E-state index contributed by atoms with van der Waals surface area (Å²) < 4.78 is 6.27. The molecule has 4 unspecified atom stereocenters. The number of aliphatic hydroxyl groups excluding tert-OH is 2. The number of nitrogens with zero attached hydrogens (tertiary/aromatic N) is 3. The summed E-state index contributed by atoms with van der Waals surface area (Å²) in [4.78, 5) is 46.8. The van der Waals surface area contributed by atoms with Crippen LogP contribution in [0, 0.1) is 4.91 Å². The third-order valence-electron chi connectivity index (χ3n) is 3.39. The molecule has 1 aromatic heterocycles. The molecule has 2 rings (SSSR count). The second kappa shape index (κ2) is 10.0. The first kappa shape index (κ1) is 23.7. The van der Waals surface area contributed by atoms with Gasteiger partial charge in [-0.1, -0.05) is 0 Å². The van der Waals surface area contributed by atoms with Gasteiger partial charge in [0.1, 0.15) is 12.2 Å². The Hall–Kier alpha value is -1.28. The second-order valence-corrected chi connectivity index (χ2v) is 4.84. The summed E-state index contributed by atoms with van der Waals surface area (Å²) in [7, 11) is 1.10. The monoisotopic (exact) mass is 387 g/mol. The van der Waals surface area contributed by atoms with Crippen LogP contribution < -0.4 is 58.5 Å². The Bertz CT molecular complexity index is 713.